The molecule has 4 nitrogen and oxygen atoms in total. The first-order chi connectivity index (χ1) is 12.5. The van der Waals surface area contributed by atoms with Crippen LogP contribution in [0, 0.1) is 20.8 Å². The zero-order valence-corrected chi connectivity index (χ0v) is 16.5. The molecule has 0 saturated heterocycles. The summed E-state index contributed by atoms with van der Waals surface area (Å²) in [5.41, 5.74) is 5.06. The summed E-state index contributed by atoms with van der Waals surface area (Å²) >= 11 is 7.51. The van der Waals surface area contributed by atoms with Gasteiger partial charge in [-0.1, -0.05) is 47.1 Å². The number of nitrogens with one attached hydrogen (secondary N) is 1. The molecule has 0 fully saturated rings. The number of anilines is 1. The van der Waals surface area contributed by atoms with Crippen molar-refractivity contribution in [1.82, 2.24) is 9.55 Å². The summed E-state index contributed by atoms with van der Waals surface area (Å²) in [6.45, 7) is 6.03. The van der Waals surface area contributed by atoms with Crippen molar-refractivity contribution in [3.05, 3.63) is 70.5 Å². The molecule has 1 heterocycles. The second-order valence-electron chi connectivity index (χ2n) is 6.12. The molecule has 0 aliphatic heterocycles. The lowest BCUT2D eigenvalue weighted by Crippen LogP contribution is -2.15. The summed E-state index contributed by atoms with van der Waals surface area (Å²) in [5, 5.41) is 4.34. The quantitative estimate of drug-likeness (QED) is 0.615. The lowest BCUT2D eigenvalue weighted by Gasteiger charge is -2.12. The number of imidazole rings is 1. The number of hydrogen-bond donors (Lipinski definition) is 1. The highest BCUT2D eigenvalue weighted by molar-refractivity contribution is 7.99. The highest BCUT2D eigenvalue weighted by atomic mass is 35.5. The summed E-state index contributed by atoms with van der Waals surface area (Å²) < 4.78 is 2.01. The van der Waals surface area contributed by atoms with Crippen molar-refractivity contribution in [2.75, 3.05) is 11.1 Å². The van der Waals surface area contributed by atoms with E-state index in [1.807, 2.05) is 35.9 Å². The average molecular weight is 386 g/mol. The topological polar surface area (TPSA) is 46.9 Å². The van der Waals surface area contributed by atoms with Gasteiger partial charge < -0.3 is 5.32 Å². The molecule has 0 bridgehead atoms. The van der Waals surface area contributed by atoms with Crippen molar-refractivity contribution in [3.8, 4) is 5.69 Å². The van der Waals surface area contributed by atoms with E-state index in [2.05, 4.69) is 42.3 Å². The molecular formula is C20H20ClN3OS. The Hall–Kier alpha value is -2.24. The van der Waals surface area contributed by atoms with Gasteiger partial charge >= 0.3 is 0 Å². The van der Waals surface area contributed by atoms with E-state index in [1.165, 1.54) is 22.9 Å². The Balaban J connectivity index is 1.70. The van der Waals surface area contributed by atoms with E-state index >= 15 is 0 Å². The van der Waals surface area contributed by atoms with Crippen LogP contribution in [0.2, 0.25) is 5.02 Å². The van der Waals surface area contributed by atoms with Crippen LogP contribution in [0.3, 0.4) is 0 Å². The van der Waals surface area contributed by atoms with Gasteiger partial charge in [-0.2, -0.15) is 0 Å². The SMILES string of the molecule is Cc1ccc(-n2ccnc2SCC(=O)Nc2cccc(Cl)c2C)c(C)c1. The second-order valence-corrected chi connectivity index (χ2v) is 7.47. The van der Waals surface area contributed by atoms with E-state index in [0.29, 0.717) is 5.02 Å². The molecule has 6 heteroatoms. The van der Waals surface area contributed by atoms with Gasteiger partial charge in [0, 0.05) is 23.1 Å². The van der Waals surface area contributed by atoms with Crippen LogP contribution in [0.15, 0.2) is 53.9 Å². The first kappa shape index (κ1) is 18.5. The molecule has 0 atom stereocenters. The zero-order chi connectivity index (χ0) is 18.7. The Morgan fingerprint density at radius 3 is 2.81 bits per heavy atom. The number of benzene rings is 2. The van der Waals surface area contributed by atoms with Crippen LogP contribution in [-0.2, 0) is 4.79 Å². The number of thioether (sulfide) groups is 1. The largest absolute Gasteiger partial charge is 0.325 e. The number of rotatable bonds is 5. The van der Waals surface area contributed by atoms with E-state index in [-0.39, 0.29) is 11.7 Å². The Labute approximate surface area is 162 Å². The molecule has 1 N–H and O–H groups in total. The molecule has 3 aromatic rings. The average Bonchev–Trinajstić information content (AvgIpc) is 3.05. The lowest BCUT2D eigenvalue weighted by molar-refractivity contribution is -0.113. The van der Waals surface area contributed by atoms with Crippen LogP contribution < -0.4 is 5.32 Å². The number of hydrogen-bond acceptors (Lipinski definition) is 3. The molecule has 0 radical (unpaired) electrons. The van der Waals surface area contributed by atoms with Gasteiger partial charge in [0.05, 0.1) is 11.4 Å². The van der Waals surface area contributed by atoms with E-state index in [1.54, 1.807) is 6.20 Å². The summed E-state index contributed by atoms with van der Waals surface area (Å²) in [5.74, 6) is 0.184. The van der Waals surface area contributed by atoms with Gasteiger partial charge in [-0.25, -0.2) is 4.98 Å². The lowest BCUT2D eigenvalue weighted by atomic mass is 10.1. The molecule has 0 spiro atoms. The minimum atomic E-state index is -0.0875. The number of amides is 1. The zero-order valence-electron chi connectivity index (χ0n) is 14.9. The third-order valence-corrected chi connectivity index (χ3v) is 5.47. The van der Waals surface area contributed by atoms with Gasteiger partial charge in [-0.05, 0) is 50.1 Å². The molecule has 0 unspecified atom stereocenters. The minimum absolute atomic E-state index is 0.0875. The molecule has 0 aliphatic rings. The van der Waals surface area contributed by atoms with E-state index in [9.17, 15) is 4.79 Å². The van der Waals surface area contributed by atoms with Crippen LogP contribution in [0.4, 0.5) is 5.69 Å². The fourth-order valence-corrected chi connectivity index (χ4v) is 3.66. The smallest absolute Gasteiger partial charge is 0.234 e. The number of aryl methyl sites for hydroxylation is 2. The molecular weight excluding hydrogens is 366 g/mol. The van der Waals surface area contributed by atoms with Crippen molar-refractivity contribution in [3.63, 3.8) is 0 Å². The predicted octanol–water partition coefficient (Wildman–Crippen LogP) is 5.18. The summed E-state index contributed by atoms with van der Waals surface area (Å²) in [6, 6.07) is 11.8. The highest BCUT2D eigenvalue weighted by Crippen LogP contribution is 2.25. The third-order valence-electron chi connectivity index (χ3n) is 4.09. The molecule has 0 aliphatic carbocycles. The van der Waals surface area contributed by atoms with Crippen molar-refractivity contribution >= 4 is 35.0 Å². The molecule has 26 heavy (non-hydrogen) atoms. The van der Waals surface area contributed by atoms with Crippen molar-refractivity contribution in [1.29, 1.82) is 0 Å². The summed E-state index contributed by atoms with van der Waals surface area (Å²) in [7, 11) is 0. The molecule has 2 aromatic carbocycles. The standard InChI is InChI=1S/C20H20ClN3OS/c1-13-7-8-18(14(2)11-13)24-10-9-22-20(24)26-12-19(25)23-17-6-4-5-16(21)15(17)3/h4-11H,12H2,1-3H3,(H,23,25). The molecule has 1 amide bonds. The molecule has 0 saturated carbocycles. The number of halogens is 1. The monoisotopic (exact) mass is 385 g/mol. The second kappa shape index (κ2) is 7.98. The maximum atomic E-state index is 12.3. The highest BCUT2D eigenvalue weighted by Gasteiger charge is 2.12. The van der Waals surface area contributed by atoms with Gasteiger partial charge in [-0.15, -0.1) is 0 Å². The van der Waals surface area contributed by atoms with Crippen LogP contribution in [0.1, 0.15) is 16.7 Å². The van der Waals surface area contributed by atoms with Gasteiger partial charge in [0.15, 0.2) is 5.16 Å². The predicted molar refractivity (Wildman–Crippen MR) is 109 cm³/mol. The Bertz CT molecular complexity index is 952. The normalized spacial score (nSPS) is 10.8. The van der Waals surface area contributed by atoms with Crippen molar-refractivity contribution in [2.45, 2.75) is 25.9 Å². The van der Waals surface area contributed by atoms with E-state index < -0.39 is 0 Å². The fourth-order valence-electron chi connectivity index (χ4n) is 2.71. The van der Waals surface area contributed by atoms with Gasteiger partial charge in [-0.3, -0.25) is 9.36 Å². The Morgan fingerprint density at radius 2 is 2.04 bits per heavy atom. The van der Waals surface area contributed by atoms with E-state index in [0.717, 1.165) is 22.1 Å². The minimum Gasteiger partial charge on any atom is -0.325 e. The maximum Gasteiger partial charge on any atom is 0.234 e. The first-order valence-corrected chi connectivity index (χ1v) is 9.61. The number of carbonyl (C=O) groups is 1. The third kappa shape index (κ3) is 4.11. The Morgan fingerprint density at radius 1 is 1.23 bits per heavy atom. The van der Waals surface area contributed by atoms with Gasteiger partial charge in [0.1, 0.15) is 0 Å². The number of carbonyl (C=O) groups excluding carboxylic acids is 1. The van der Waals surface area contributed by atoms with E-state index in [4.69, 9.17) is 11.6 Å². The number of aromatic nitrogens is 2. The van der Waals surface area contributed by atoms with Crippen molar-refractivity contribution < 1.29 is 4.79 Å². The molecule has 3 rings (SSSR count). The molecule has 1 aromatic heterocycles. The van der Waals surface area contributed by atoms with Gasteiger partial charge in [0.2, 0.25) is 5.91 Å². The van der Waals surface area contributed by atoms with Crippen LogP contribution in [-0.4, -0.2) is 21.2 Å². The fraction of sp³-hybridized carbons (Fsp3) is 0.200. The maximum absolute atomic E-state index is 12.3. The van der Waals surface area contributed by atoms with Crippen LogP contribution in [0.25, 0.3) is 5.69 Å². The first-order valence-electron chi connectivity index (χ1n) is 8.24. The molecule has 134 valence electrons. The Kier molecular flexibility index (Phi) is 5.69. The number of nitrogens with zero attached hydrogens (tertiary/aromatic N) is 2. The van der Waals surface area contributed by atoms with Crippen LogP contribution >= 0.6 is 23.4 Å². The summed E-state index contributed by atoms with van der Waals surface area (Å²) in [6.07, 6.45) is 3.67. The summed E-state index contributed by atoms with van der Waals surface area (Å²) in [4.78, 5) is 16.7. The van der Waals surface area contributed by atoms with Crippen molar-refractivity contribution in [2.24, 2.45) is 0 Å². The van der Waals surface area contributed by atoms with Crippen LogP contribution in [0.5, 0.6) is 0 Å². The van der Waals surface area contributed by atoms with Gasteiger partial charge in [0.25, 0.3) is 0 Å².